The van der Waals surface area contributed by atoms with Crippen molar-refractivity contribution < 1.29 is 9.59 Å². The Morgan fingerprint density at radius 2 is 2.11 bits per heavy atom. The van der Waals surface area contributed by atoms with Crippen molar-refractivity contribution in [2.75, 3.05) is 13.6 Å². The summed E-state index contributed by atoms with van der Waals surface area (Å²) in [5, 5.41) is 2.68. The number of likely N-dealkylation sites (N-methyl/N-ethyl adjacent to an activating group) is 1. The first-order valence-electron chi connectivity index (χ1n) is 5.91. The fourth-order valence-corrected chi connectivity index (χ4v) is 2.37. The Kier molecular flexibility index (Phi) is 5.87. The molecule has 0 fully saturated rings. The van der Waals surface area contributed by atoms with E-state index >= 15 is 0 Å². The number of benzene rings is 1. The number of nitrogens with zero attached hydrogens (tertiary/aromatic N) is 1. The molecule has 1 aromatic rings. The molecular formula is C13H17BrN2O2S. The summed E-state index contributed by atoms with van der Waals surface area (Å²) in [7, 11) is 1.70. The second kappa shape index (κ2) is 6.96. The Morgan fingerprint density at radius 1 is 1.47 bits per heavy atom. The molecule has 19 heavy (non-hydrogen) atoms. The number of rotatable bonds is 4. The lowest BCUT2D eigenvalue weighted by Gasteiger charge is -2.20. The topological polar surface area (TPSA) is 49.4 Å². The minimum Gasteiger partial charge on any atom is -0.344 e. The molecule has 6 heteroatoms. The number of amides is 2. The summed E-state index contributed by atoms with van der Waals surface area (Å²) in [6, 6.07) is 4.61. The summed E-state index contributed by atoms with van der Waals surface area (Å²) in [6.07, 6.45) is 0. The summed E-state index contributed by atoms with van der Waals surface area (Å²) in [6.45, 7) is 4.16. The second-order valence-electron chi connectivity index (χ2n) is 4.21. The molecule has 104 valence electrons. The van der Waals surface area contributed by atoms with Crippen LogP contribution in [-0.2, 0) is 4.79 Å². The van der Waals surface area contributed by atoms with Crippen molar-refractivity contribution in [3.8, 4) is 0 Å². The van der Waals surface area contributed by atoms with Gasteiger partial charge in [-0.3, -0.25) is 9.59 Å². The van der Waals surface area contributed by atoms with Crippen LogP contribution in [0.2, 0.25) is 0 Å². The van der Waals surface area contributed by atoms with Gasteiger partial charge in [-0.15, -0.1) is 12.6 Å². The van der Waals surface area contributed by atoms with E-state index in [1.165, 1.54) is 0 Å². The van der Waals surface area contributed by atoms with Gasteiger partial charge in [0.05, 0.1) is 5.56 Å². The highest BCUT2D eigenvalue weighted by Gasteiger charge is 2.20. The first kappa shape index (κ1) is 16.0. The van der Waals surface area contributed by atoms with E-state index in [-0.39, 0.29) is 11.8 Å². The van der Waals surface area contributed by atoms with E-state index in [1.807, 2.05) is 6.92 Å². The van der Waals surface area contributed by atoms with Crippen LogP contribution >= 0.6 is 28.6 Å². The van der Waals surface area contributed by atoms with Gasteiger partial charge in [0.2, 0.25) is 5.91 Å². The standard InChI is InChI=1S/C13H17BrN2O2S/c1-4-16(3)13(18)8(2)15-12(17)10-6-5-9(14)7-11(10)19/h5-8,19H,4H2,1-3H3,(H,15,17). The van der Waals surface area contributed by atoms with Gasteiger partial charge in [0.25, 0.3) is 5.91 Å². The fraction of sp³-hybridized carbons (Fsp3) is 0.385. The predicted molar refractivity (Wildman–Crippen MR) is 81.6 cm³/mol. The molecule has 0 spiro atoms. The van der Waals surface area contributed by atoms with Gasteiger partial charge in [0.1, 0.15) is 6.04 Å². The average Bonchev–Trinajstić information content (AvgIpc) is 2.36. The maximum Gasteiger partial charge on any atom is 0.253 e. The van der Waals surface area contributed by atoms with E-state index in [4.69, 9.17) is 0 Å². The van der Waals surface area contributed by atoms with Crippen LogP contribution in [0.3, 0.4) is 0 Å². The van der Waals surface area contributed by atoms with Gasteiger partial charge < -0.3 is 10.2 Å². The van der Waals surface area contributed by atoms with Crippen LogP contribution in [0.4, 0.5) is 0 Å². The van der Waals surface area contributed by atoms with E-state index in [1.54, 1.807) is 37.1 Å². The highest BCUT2D eigenvalue weighted by Crippen LogP contribution is 2.19. The molecule has 0 saturated heterocycles. The van der Waals surface area contributed by atoms with Gasteiger partial charge in [0.15, 0.2) is 0 Å². The Labute approximate surface area is 127 Å². The monoisotopic (exact) mass is 344 g/mol. The third kappa shape index (κ3) is 4.24. The zero-order valence-electron chi connectivity index (χ0n) is 11.1. The molecule has 0 aromatic heterocycles. The minimum absolute atomic E-state index is 0.117. The lowest BCUT2D eigenvalue weighted by Crippen LogP contribution is -2.45. The number of nitrogens with one attached hydrogen (secondary N) is 1. The Hall–Kier alpha value is -1.01. The van der Waals surface area contributed by atoms with Gasteiger partial charge in [0, 0.05) is 23.0 Å². The van der Waals surface area contributed by atoms with Crippen LogP contribution in [0, 0.1) is 0 Å². The van der Waals surface area contributed by atoms with E-state index in [9.17, 15) is 9.59 Å². The van der Waals surface area contributed by atoms with E-state index in [2.05, 4.69) is 33.9 Å². The predicted octanol–water partition coefficient (Wildman–Crippen LogP) is 2.33. The molecule has 0 aliphatic carbocycles. The fourth-order valence-electron chi connectivity index (χ4n) is 1.52. The molecule has 0 radical (unpaired) electrons. The van der Waals surface area contributed by atoms with Crippen molar-refractivity contribution in [3.05, 3.63) is 28.2 Å². The average molecular weight is 345 g/mol. The summed E-state index contributed by atoms with van der Waals surface area (Å²) in [5.41, 5.74) is 0.449. The number of thiol groups is 1. The Bertz CT molecular complexity index is 494. The lowest BCUT2D eigenvalue weighted by molar-refractivity contribution is -0.131. The molecule has 1 atom stereocenters. The first-order chi connectivity index (χ1) is 8.86. The van der Waals surface area contributed by atoms with E-state index in [0.717, 1.165) is 4.47 Å². The maximum absolute atomic E-state index is 12.1. The molecule has 0 aliphatic heterocycles. The van der Waals surface area contributed by atoms with Crippen LogP contribution in [0.25, 0.3) is 0 Å². The van der Waals surface area contributed by atoms with Crippen LogP contribution in [0.1, 0.15) is 24.2 Å². The third-order valence-corrected chi connectivity index (χ3v) is 3.64. The molecule has 0 saturated carbocycles. The molecule has 2 amide bonds. The first-order valence-corrected chi connectivity index (χ1v) is 7.15. The van der Waals surface area contributed by atoms with E-state index in [0.29, 0.717) is 17.0 Å². The van der Waals surface area contributed by atoms with Crippen molar-refractivity contribution in [2.24, 2.45) is 0 Å². The van der Waals surface area contributed by atoms with Gasteiger partial charge in [-0.2, -0.15) is 0 Å². The van der Waals surface area contributed by atoms with Gasteiger partial charge >= 0.3 is 0 Å². The molecule has 0 aliphatic rings. The highest BCUT2D eigenvalue weighted by molar-refractivity contribution is 9.10. The molecule has 1 N–H and O–H groups in total. The van der Waals surface area contributed by atoms with Crippen LogP contribution in [0.5, 0.6) is 0 Å². The SMILES string of the molecule is CCN(C)C(=O)C(C)NC(=O)c1ccc(Br)cc1S. The molecule has 1 aromatic carbocycles. The number of hydrogen-bond acceptors (Lipinski definition) is 3. The number of halogens is 1. The van der Waals surface area contributed by atoms with Gasteiger partial charge in [-0.05, 0) is 32.0 Å². The molecule has 1 unspecified atom stereocenters. The Morgan fingerprint density at radius 3 is 2.63 bits per heavy atom. The summed E-state index contributed by atoms with van der Waals surface area (Å²) in [4.78, 5) is 26.0. The molecular weight excluding hydrogens is 328 g/mol. The van der Waals surface area contributed by atoms with Crippen molar-refractivity contribution in [1.82, 2.24) is 10.2 Å². The highest BCUT2D eigenvalue weighted by atomic mass is 79.9. The number of carbonyl (C=O) groups is 2. The van der Waals surface area contributed by atoms with Crippen LogP contribution < -0.4 is 5.32 Å². The zero-order valence-corrected chi connectivity index (χ0v) is 13.6. The minimum atomic E-state index is -0.561. The molecule has 1 rings (SSSR count). The van der Waals surface area contributed by atoms with Crippen molar-refractivity contribution in [2.45, 2.75) is 24.8 Å². The number of hydrogen-bond donors (Lipinski definition) is 2. The summed E-state index contributed by atoms with van der Waals surface area (Å²) < 4.78 is 0.851. The molecule has 0 bridgehead atoms. The Balaban J connectivity index is 2.77. The van der Waals surface area contributed by atoms with Crippen molar-refractivity contribution in [3.63, 3.8) is 0 Å². The second-order valence-corrected chi connectivity index (χ2v) is 5.61. The van der Waals surface area contributed by atoms with Gasteiger partial charge in [-0.1, -0.05) is 15.9 Å². The van der Waals surface area contributed by atoms with Crippen molar-refractivity contribution >= 4 is 40.4 Å². The van der Waals surface area contributed by atoms with Crippen LogP contribution in [-0.4, -0.2) is 36.3 Å². The lowest BCUT2D eigenvalue weighted by atomic mass is 10.2. The smallest absolute Gasteiger partial charge is 0.253 e. The quantitative estimate of drug-likeness (QED) is 0.823. The molecule has 0 heterocycles. The zero-order chi connectivity index (χ0) is 14.6. The van der Waals surface area contributed by atoms with E-state index < -0.39 is 6.04 Å². The van der Waals surface area contributed by atoms with Crippen molar-refractivity contribution in [1.29, 1.82) is 0 Å². The maximum atomic E-state index is 12.1. The van der Waals surface area contributed by atoms with Gasteiger partial charge in [-0.25, -0.2) is 0 Å². The normalized spacial score (nSPS) is 11.8. The number of carbonyl (C=O) groups excluding carboxylic acids is 2. The molecule has 4 nitrogen and oxygen atoms in total. The summed E-state index contributed by atoms with van der Waals surface area (Å²) >= 11 is 7.56. The third-order valence-electron chi connectivity index (χ3n) is 2.77. The summed E-state index contributed by atoms with van der Waals surface area (Å²) in [5.74, 6) is -0.420. The largest absolute Gasteiger partial charge is 0.344 e. The van der Waals surface area contributed by atoms with Crippen LogP contribution in [0.15, 0.2) is 27.6 Å².